The summed E-state index contributed by atoms with van der Waals surface area (Å²) in [4.78, 5) is 23.1. The molecule has 138 valence electrons. The van der Waals surface area contributed by atoms with Gasteiger partial charge in [0.15, 0.2) is 0 Å². The number of carbonyl (C=O) groups excluding carboxylic acids is 2. The van der Waals surface area contributed by atoms with Gasteiger partial charge in [-0.25, -0.2) is 0 Å². The minimum absolute atomic E-state index is 0.0437. The third-order valence-corrected chi connectivity index (χ3v) is 4.82. The summed E-state index contributed by atoms with van der Waals surface area (Å²) in [5, 5.41) is 2.57. The van der Waals surface area contributed by atoms with Gasteiger partial charge in [0.05, 0.1) is 13.0 Å². The van der Waals surface area contributed by atoms with E-state index in [1.165, 1.54) is 38.3 Å². The molecule has 1 amide bonds. The molecule has 0 fully saturated rings. The molecule has 0 heterocycles. The zero-order valence-electron chi connectivity index (χ0n) is 14.3. The molecule has 7 nitrogen and oxygen atoms in total. The summed E-state index contributed by atoms with van der Waals surface area (Å²) in [6, 6.07) is 13.8. The number of amides is 1. The van der Waals surface area contributed by atoms with Crippen LogP contribution in [-0.4, -0.2) is 33.9 Å². The number of benzene rings is 2. The van der Waals surface area contributed by atoms with Crippen LogP contribution in [0.2, 0.25) is 0 Å². The number of esters is 1. The first-order chi connectivity index (χ1) is 12.3. The van der Waals surface area contributed by atoms with Gasteiger partial charge in [0.2, 0.25) is 5.91 Å². The van der Waals surface area contributed by atoms with Crippen molar-refractivity contribution in [1.82, 2.24) is 5.32 Å². The van der Waals surface area contributed by atoms with Gasteiger partial charge in [-0.3, -0.25) is 9.59 Å². The third-order valence-electron chi connectivity index (χ3n) is 3.56. The lowest BCUT2D eigenvalue weighted by Gasteiger charge is -2.16. The number of rotatable bonds is 7. The van der Waals surface area contributed by atoms with Crippen LogP contribution in [0, 0.1) is 0 Å². The quantitative estimate of drug-likeness (QED) is 0.584. The predicted octanol–water partition coefficient (Wildman–Crippen LogP) is 1.85. The Hall–Kier alpha value is -2.87. The number of hydrogen-bond acceptors (Lipinski definition) is 6. The van der Waals surface area contributed by atoms with Crippen LogP contribution in [0.4, 0.5) is 0 Å². The van der Waals surface area contributed by atoms with E-state index in [4.69, 9.17) is 8.92 Å². The van der Waals surface area contributed by atoms with E-state index in [1.54, 1.807) is 30.3 Å². The molecule has 2 aromatic rings. The second-order valence-corrected chi connectivity index (χ2v) is 6.98. The van der Waals surface area contributed by atoms with Gasteiger partial charge in [0, 0.05) is 13.5 Å². The molecular formula is C18H19NO6S. The van der Waals surface area contributed by atoms with Gasteiger partial charge in [0.25, 0.3) is 0 Å². The van der Waals surface area contributed by atoms with Crippen LogP contribution < -0.4 is 9.50 Å². The van der Waals surface area contributed by atoms with Crippen molar-refractivity contribution in [3.8, 4) is 5.75 Å². The third kappa shape index (κ3) is 5.06. The molecule has 0 saturated carbocycles. The Kier molecular flexibility index (Phi) is 6.35. The fourth-order valence-electron chi connectivity index (χ4n) is 2.24. The molecule has 0 aliphatic heterocycles. The molecule has 0 spiro atoms. The molecule has 0 radical (unpaired) electrons. The Morgan fingerprint density at radius 1 is 1.04 bits per heavy atom. The first-order valence-electron chi connectivity index (χ1n) is 7.75. The molecule has 0 aromatic heterocycles. The summed E-state index contributed by atoms with van der Waals surface area (Å²) >= 11 is 0. The average Bonchev–Trinajstić information content (AvgIpc) is 2.63. The second-order valence-electron chi connectivity index (χ2n) is 5.43. The van der Waals surface area contributed by atoms with E-state index in [1.807, 2.05) is 0 Å². The van der Waals surface area contributed by atoms with Crippen molar-refractivity contribution in [2.75, 3.05) is 13.7 Å². The first kappa shape index (κ1) is 19.5. The molecule has 1 unspecified atom stereocenters. The van der Waals surface area contributed by atoms with Crippen LogP contribution in [0.25, 0.3) is 0 Å². The van der Waals surface area contributed by atoms with Gasteiger partial charge in [-0.15, -0.1) is 0 Å². The minimum atomic E-state index is -3.94. The Morgan fingerprint density at radius 2 is 1.65 bits per heavy atom. The van der Waals surface area contributed by atoms with E-state index in [9.17, 15) is 18.0 Å². The molecule has 26 heavy (non-hydrogen) atoms. The highest BCUT2D eigenvalue weighted by molar-refractivity contribution is 7.87. The van der Waals surface area contributed by atoms with E-state index in [2.05, 4.69) is 5.32 Å². The second kappa shape index (κ2) is 8.48. The lowest BCUT2D eigenvalue weighted by molar-refractivity contribution is -0.142. The fraction of sp³-hybridized carbons (Fsp3) is 0.222. The Labute approximate surface area is 152 Å². The number of methoxy groups -OCH3 is 1. The lowest BCUT2D eigenvalue weighted by Crippen LogP contribution is -2.30. The largest absolute Gasteiger partial charge is 0.468 e. The Balaban J connectivity index is 2.18. The smallest absolute Gasteiger partial charge is 0.339 e. The van der Waals surface area contributed by atoms with Crippen molar-refractivity contribution in [3.05, 3.63) is 60.2 Å². The fourth-order valence-corrected chi connectivity index (χ4v) is 3.19. The van der Waals surface area contributed by atoms with Crippen molar-refractivity contribution in [2.24, 2.45) is 0 Å². The molecule has 0 bridgehead atoms. The highest BCUT2D eigenvalue weighted by Gasteiger charge is 2.22. The molecule has 0 saturated heterocycles. The molecule has 2 rings (SSSR count). The SMILES string of the molecule is COC(=O)C(CNC(C)=O)c1ccc(OS(=O)(=O)c2ccccc2)cc1. The monoisotopic (exact) mass is 377 g/mol. The van der Waals surface area contributed by atoms with Crippen LogP contribution in [0.3, 0.4) is 0 Å². The molecule has 0 aliphatic rings. The van der Waals surface area contributed by atoms with Crippen LogP contribution >= 0.6 is 0 Å². The first-order valence-corrected chi connectivity index (χ1v) is 9.16. The van der Waals surface area contributed by atoms with E-state index in [0.717, 1.165) is 0 Å². The average molecular weight is 377 g/mol. The van der Waals surface area contributed by atoms with Crippen LogP contribution in [0.15, 0.2) is 59.5 Å². The van der Waals surface area contributed by atoms with E-state index < -0.39 is 22.0 Å². The maximum atomic E-state index is 12.2. The standard InChI is InChI=1S/C18H19NO6S/c1-13(20)19-12-17(18(21)24-2)14-8-10-15(11-9-14)25-26(22,23)16-6-4-3-5-7-16/h3-11,17H,12H2,1-2H3,(H,19,20). The van der Waals surface area contributed by atoms with Crippen molar-refractivity contribution in [2.45, 2.75) is 17.7 Å². The zero-order chi connectivity index (χ0) is 19.2. The van der Waals surface area contributed by atoms with E-state index in [-0.39, 0.29) is 23.1 Å². The van der Waals surface area contributed by atoms with Crippen LogP contribution in [0.5, 0.6) is 5.75 Å². The highest BCUT2D eigenvalue weighted by atomic mass is 32.2. The maximum Gasteiger partial charge on any atom is 0.339 e. The lowest BCUT2D eigenvalue weighted by atomic mass is 9.99. The van der Waals surface area contributed by atoms with Gasteiger partial charge in [-0.1, -0.05) is 30.3 Å². The van der Waals surface area contributed by atoms with Crippen molar-refractivity contribution < 1.29 is 26.9 Å². The molecule has 8 heteroatoms. The summed E-state index contributed by atoms with van der Waals surface area (Å²) in [6.45, 7) is 1.42. The van der Waals surface area contributed by atoms with Crippen molar-refractivity contribution in [3.63, 3.8) is 0 Å². The summed E-state index contributed by atoms with van der Waals surface area (Å²) in [6.07, 6.45) is 0. The summed E-state index contributed by atoms with van der Waals surface area (Å²) < 4.78 is 34.3. The topological polar surface area (TPSA) is 98.8 Å². The van der Waals surface area contributed by atoms with Gasteiger partial charge >= 0.3 is 16.1 Å². The number of ether oxygens (including phenoxy) is 1. The van der Waals surface area contributed by atoms with Gasteiger partial charge in [-0.2, -0.15) is 8.42 Å². The van der Waals surface area contributed by atoms with Gasteiger partial charge in [0.1, 0.15) is 10.6 Å². The van der Waals surface area contributed by atoms with Crippen molar-refractivity contribution >= 4 is 22.0 Å². The molecule has 0 aliphatic carbocycles. The summed E-state index contributed by atoms with van der Waals surface area (Å²) in [7, 11) is -2.68. The normalized spacial score (nSPS) is 12.1. The number of carbonyl (C=O) groups is 2. The van der Waals surface area contributed by atoms with E-state index in [0.29, 0.717) is 5.56 Å². The Morgan fingerprint density at radius 3 is 2.19 bits per heavy atom. The highest BCUT2D eigenvalue weighted by Crippen LogP contribution is 2.23. The molecule has 1 N–H and O–H groups in total. The van der Waals surface area contributed by atoms with Gasteiger partial charge in [-0.05, 0) is 29.8 Å². The van der Waals surface area contributed by atoms with Gasteiger partial charge < -0.3 is 14.2 Å². The maximum absolute atomic E-state index is 12.2. The minimum Gasteiger partial charge on any atom is -0.468 e. The van der Waals surface area contributed by atoms with Crippen LogP contribution in [-0.2, 0) is 24.4 Å². The van der Waals surface area contributed by atoms with E-state index >= 15 is 0 Å². The van der Waals surface area contributed by atoms with Crippen LogP contribution in [0.1, 0.15) is 18.4 Å². The molecule has 1 atom stereocenters. The number of hydrogen-bond donors (Lipinski definition) is 1. The zero-order valence-corrected chi connectivity index (χ0v) is 15.2. The van der Waals surface area contributed by atoms with Crippen molar-refractivity contribution in [1.29, 1.82) is 0 Å². The molecular weight excluding hydrogens is 358 g/mol. The number of nitrogens with one attached hydrogen (secondary N) is 1. The Bertz CT molecular complexity index is 862. The summed E-state index contributed by atoms with van der Waals surface area (Å²) in [5.41, 5.74) is 0.565. The predicted molar refractivity (Wildman–Crippen MR) is 94.1 cm³/mol. The molecule has 2 aromatic carbocycles. The summed E-state index contributed by atoms with van der Waals surface area (Å²) in [5.74, 6) is -1.37.